The summed E-state index contributed by atoms with van der Waals surface area (Å²) < 4.78 is 5.46. The van der Waals surface area contributed by atoms with Gasteiger partial charge in [-0.15, -0.1) is 0 Å². The molecular formula is C16H16O7. The Morgan fingerprint density at radius 1 is 1.39 bits per heavy atom. The molecule has 122 valence electrons. The minimum atomic E-state index is -2.10. The van der Waals surface area contributed by atoms with Gasteiger partial charge in [-0.2, -0.15) is 0 Å². The monoisotopic (exact) mass is 320 g/mol. The number of fused-ring (bicyclic) bond motifs is 2. The van der Waals surface area contributed by atoms with Gasteiger partial charge in [0, 0.05) is 5.56 Å². The summed E-state index contributed by atoms with van der Waals surface area (Å²) >= 11 is 0. The summed E-state index contributed by atoms with van der Waals surface area (Å²) in [5, 5.41) is 29.7. The van der Waals surface area contributed by atoms with Crippen LogP contribution in [-0.4, -0.2) is 50.7 Å². The van der Waals surface area contributed by atoms with E-state index >= 15 is 0 Å². The summed E-state index contributed by atoms with van der Waals surface area (Å²) in [7, 11) is 0. The molecule has 7 heteroatoms. The lowest BCUT2D eigenvalue weighted by Gasteiger charge is -2.47. The van der Waals surface area contributed by atoms with Crippen LogP contribution in [0.2, 0.25) is 0 Å². The van der Waals surface area contributed by atoms with Crippen LogP contribution in [0.5, 0.6) is 5.75 Å². The number of aliphatic carboxylic acids is 1. The third-order valence-electron chi connectivity index (χ3n) is 4.66. The summed E-state index contributed by atoms with van der Waals surface area (Å²) in [4.78, 5) is 36.3. The predicted octanol–water partition coefficient (Wildman–Crippen LogP) is 0.771. The van der Waals surface area contributed by atoms with Crippen molar-refractivity contribution in [1.82, 2.24) is 0 Å². The number of phenols is 1. The van der Waals surface area contributed by atoms with Gasteiger partial charge in [-0.1, -0.05) is 12.1 Å². The Labute approximate surface area is 131 Å². The molecule has 7 nitrogen and oxygen atoms in total. The number of aromatic hydroxyl groups is 1. The number of ketones is 2. The van der Waals surface area contributed by atoms with Crippen molar-refractivity contribution in [2.75, 3.05) is 0 Å². The second-order valence-electron chi connectivity index (χ2n) is 6.00. The van der Waals surface area contributed by atoms with E-state index in [1.165, 1.54) is 25.1 Å². The number of hydrogen-bond acceptors (Lipinski definition) is 6. The number of benzene rings is 1. The minimum absolute atomic E-state index is 0.0489. The van der Waals surface area contributed by atoms with Gasteiger partial charge in [0.2, 0.25) is 5.78 Å². The molecule has 1 heterocycles. The molecule has 1 saturated heterocycles. The quantitative estimate of drug-likeness (QED) is 0.736. The van der Waals surface area contributed by atoms with E-state index in [0.29, 0.717) is 0 Å². The summed E-state index contributed by atoms with van der Waals surface area (Å²) in [6, 6.07) is 4.14. The van der Waals surface area contributed by atoms with Crippen LogP contribution in [0.3, 0.4) is 0 Å². The first-order valence-corrected chi connectivity index (χ1v) is 7.27. The topological polar surface area (TPSA) is 121 Å². The number of aliphatic hydroxyl groups is 1. The van der Waals surface area contributed by atoms with Crippen LogP contribution >= 0.6 is 0 Å². The highest BCUT2D eigenvalue weighted by Crippen LogP contribution is 2.45. The highest BCUT2D eigenvalue weighted by Gasteiger charge is 2.60. The lowest BCUT2D eigenvalue weighted by Crippen LogP contribution is -2.64. The van der Waals surface area contributed by atoms with Gasteiger partial charge in [-0.25, -0.2) is 0 Å². The van der Waals surface area contributed by atoms with Crippen molar-refractivity contribution in [3.8, 4) is 5.75 Å². The second-order valence-corrected chi connectivity index (χ2v) is 6.00. The molecule has 0 radical (unpaired) electrons. The first-order chi connectivity index (χ1) is 10.8. The average Bonchev–Trinajstić information content (AvgIpc) is 2.47. The van der Waals surface area contributed by atoms with E-state index in [4.69, 9.17) is 9.84 Å². The number of carbonyl (C=O) groups is 3. The number of carboxylic acids is 1. The molecule has 1 aromatic rings. The Morgan fingerprint density at radius 2 is 2.09 bits per heavy atom. The van der Waals surface area contributed by atoms with Crippen molar-refractivity contribution >= 4 is 17.5 Å². The normalized spacial score (nSPS) is 33.0. The lowest BCUT2D eigenvalue weighted by molar-refractivity contribution is -0.174. The Hall–Kier alpha value is -2.25. The van der Waals surface area contributed by atoms with E-state index in [1.807, 2.05) is 0 Å². The zero-order valence-electron chi connectivity index (χ0n) is 12.4. The lowest BCUT2D eigenvalue weighted by atomic mass is 9.65. The van der Waals surface area contributed by atoms with Crippen LogP contribution < -0.4 is 0 Å². The Balaban J connectivity index is 2.09. The van der Waals surface area contributed by atoms with Crippen LogP contribution in [0.1, 0.15) is 40.5 Å². The minimum Gasteiger partial charge on any atom is -0.507 e. The van der Waals surface area contributed by atoms with Gasteiger partial charge in [-0.05, 0) is 19.4 Å². The summed E-state index contributed by atoms with van der Waals surface area (Å²) in [5.74, 6) is -3.79. The van der Waals surface area contributed by atoms with Gasteiger partial charge in [0.1, 0.15) is 5.75 Å². The maximum atomic E-state index is 12.7. The molecule has 1 aromatic carbocycles. The molecule has 1 fully saturated rings. The van der Waals surface area contributed by atoms with Crippen molar-refractivity contribution in [3.63, 3.8) is 0 Å². The predicted molar refractivity (Wildman–Crippen MR) is 76.4 cm³/mol. The van der Waals surface area contributed by atoms with E-state index in [-0.39, 0.29) is 29.7 Å². The first kappa shape index (κ1) is 15.6. The van der Waals surface area contributed by atoms with Gasteiger partial charge in [0.05, 0.1) is 30.1 Å². The number of carbonyl (C=O) groups excluding carboxylic acids is 2. The van der Waals surface area contributed by atoms with Crippen molar-refractivity contribution < 1.29 is 34.4 Å². The molecule has 1 aliphatic heterocycles. The van der Waals surface area contributed by atoms with Gasteiger partial charge < -0.3 is 20.1 Å². The van der Waals surface area contributed by atoms with Gasteiger partial charge >= 0.3 is 5.97 Å². The molecule has 3 rings (SSSR count). The second kappa shape index (κ2) is 5.14. The molecule has 0 unspecified atom stereocenters. The van der Waals surface area contributed by atoms with Crippen LogP contribution in [-0.2, 0) is 9.53 Å². The van der Waals surface area contributed by atoms with E-state index < -0.39 is 41.3 Å². The van der Waals surface area contributed by atoms with Crippen molar-refractivity contribution in [1.29, 1.82) is 0 Å². The first-order valence-electron chi connectivity index (χ1n) is 7.27. The molecule has 3 N–H and O–H groups in total. The molecule has 2 aliphatic rings. The number of phenolic OH excluding ortho intramolecular Hbond substituents is 1. The van der Waals surface area contributed by atoms with Crippen LogP contribution in [0.15, 0.2) is 18.2 Å². The number of carboxylic acid groups (broad SMARTS) is 1. The third kappa shape index (κ3) is 2.15. The molecule has 0 amide bonds. The van der Waals surface area contributed by atoms with E-state index in [9.17, 15) is 24.6 Å². The van der Waals surface area contributed by atoms with E-state index in [2.05, 4.69) is 0 Å². The average molecular weight is 320 g/mol. The van der Waals surface area contributed by atoms with Crippen LogP contribution in [0.25, 0.3) is 0 Å². The Morgan fingerprint density at radius 3 is 2.74 bits per heavy atom. The largest absolute Gasteiger partial charge is 0.507 e. The maximum absolute atomic E-state index is 12.7. The van der Waals surface area contributed by atoms with E-state index in [0.717, 1.165) is 0 Å². The fourth-order valence-corrected chi connectivity index (χ4v) is 3.52. The molecule has 0 bridgehead atoms. The molecule has 0 aromatic heterocycles. The molecular weight excluding hydrogens is 304 g/mol. The SMILES string of the molecule is C[C@H]1O[C@H](CC(=O)O)C[C@@H]2C(=O)c3cccc(O)c3C(=O)[C@]21O. The molecule has 23 heavy (non-hydrogen) atoms. The summed E-state index contributed by atoms with van der Waals surface area (Å²) in [5.41, 5.74) is -2.26. The Bertz CT molecular complexity index is 710. The molecule has 1 aliphatic carbocycles. The highest BCUT2D eigenvalue weighted by atomic mass is 16.5. The van der Waals surface area contributed by atoms with Gasteiger partial charge in [0.15, 0.2) is 11.4 Å². The molecule has 0 spiro atoms. The van der Waals surface area contributed by atoms with Crippen molar-refractivity contribution in [2.24, 2.45) is 5.92 Å². The van der Waals surface area contributed by atoms with Crippen LogP contribution in [0, 0.1) is 5.92 Å². The number of ether oxygens (including phenoxy) is 1. The maximum Gasteiger partial charge on any atom is 0.305 e. The number of hydrogen-bond donors (Lipinski definition) is 3. The van der Waals surface area contributed by atoms with Crippen molar-refractivity contribution in [2.45, 2.75) is 37.6 Å². The Kier molecular flexibility index (Phi) is 3.50. The molecule has 4 atom stereocenters. The fraction of sp³-hybridized carbons (Fsp3) is 0.438. The zero-order chi connectivity index (χ0) is 16.9. The third-order valence-corrected chi connectivity index (χ3v) is 4.66. The zero-order valence-corrected chi connectivity index (χ0v) is 12.4. The smallest absolute Gasteiger partial charge is 0.305 e. The summed E-state index contributed by atoms with van der Waals surface area (Å²) in [6.45, 7) is 1.43. The molecule has 0 saturated carbocycles. The standard InChI is InChI=1S/C16H16O7/c1-7-16(22)10(5-8(23-7)6-12(18)19)14(20)9-3-2-4-11(17)13(9)15(16)21/h2-4,7-8,10,17,22H,5-6H2,1H3,(H,18,19)/t7-,8+,10-,16-/m1/s1. The number of rotatable bonds is 2. The van der Waals surface area contributed by atoms with Crippen molar-refractivity contribution in [3.05, 3.63) is 29.3 Å². The van der Waals surface area contributed by atoms with E-state index in [1.54, 1.807) is 0 Å². The summed E-state index contributed by atoms with van der Waals surface area (Å²) in [6.07, 6.45) is -2.20. The van der Waals surface area contributed by atoms with Crippen LogP contribution in [0.4, 0.5) is 0 Å². The number of Topliss-reactive ketones (excluding diaryl/α,β-unsaturated/α-hetero) is 2. The van der Waals surface area contributed by atoms with Gasteiger partial charge in [-0.3, -0.25) is 14.4 Å². The fourth-order valence-electron chi connectivity index (χ4n) is 3.52. The van der Waals surface area contributed by atoms with Gasteiger partial charge in [0.25, 0.3) is 0 Å². The highest BCUT2D eigenvalue weighted by molar-refractivity contribution is 6.20.